The number of pyridine rings is 1. The van der Waals surface area contributed by atoms with Gasteiger partial charge in [0.05, 0.1) is 16.4 Å². The van der Waals surface area contributed by atoms with Gasteiger partial charge < -0.3 is 0 Å². The molecule has 3 aromatic heterocycles. The van der Waals surface area contributed by atoms with E-state index < -0.39 is 0 Å². The molecule has 0 atom stereocenters. The van der Waals surface area contributed by atoms with Crippen molar-refractivity contribution in [2.24, 2.45) is 0 Å². The Hall–Kier alpha value is -3.42. The first kappa shape index (κ1) is 22.4. The van der Waals surface area contributed by atoms with Crippen LogP contribution in [0.3, 0.4) is 0 Å². The third kappa shape index (κ3) is 4.13. The van der Waals surface area contributed by atoms with Crippen LogP contribution < -0.4 is 5.56 Å². The van der Waals surface area contributed by atoms with Gasteiger partial charge in [-0.3, -0.25) is 13.8 Å². The zero-order valence-corrected chi connectivity index (χ0v) is 20.6. The Morgan fingerprint density at radius 3 is 2.59 bits per heavy atom. The lowest BCUT2D eigenvalue weighted by Gasteiger charge is -2.14. The molecule has 0 N–H and O–H groups in total. The predicted octanol–water partition coefficient (Wildman–Crippen LogP) is 5.81. The van der Waals surface area contributed by atoms with Crippen molar-refractivity contribution >= 4 is 29.0 Å². The van der Waals surface area contributed by atoms with E-state index in [1.54, 1.807) is 10.5 Å². The molecule has 0 spiro atoms. The van der Waals surface area contributed by atoms with Gasteiger partial charge in [0, 0.05) is 23.1 Å². The van der Waals surface area contributed by atoms with Crippen LogP contribution >= 0.6 is 23.4 Å². The fraction of sp³-hybridized carbons (Fsp3) is 0.154. The number of aryl methyl sites for hydroxylation is 3. The summed E-state index contributed by atoms with van der Waals surface area (Å²) in [5, 5.41) is 10.3. The third-order valence-corrected chi connectivity index (χ3v) is 6.93. The molecule has 2 aromatic carbocycles. The molecule has 3 heterocycles. The van der Waals surface area contributed by atoms with E-state index in [4.69, 9.17) is 11.6 Å². The lowest BCUT2D eigenvalue weighted by Crippen LogP contribution is -2.17. The molecule has 0 saturated carbocycles. The Kier molecular flexibility index (Phi) is 5.98. The molecule has 0 unspecified atom stereocenters. The molecule has 0 aliphatic rings. The molecule has 0 fully saturated rings. The minimum atomic E-state index is -0.0912. The fourth-order valence-electron chi connectivity index (χ4n) is 3.93. The van der Waals surface area contributed by atoms with Crippen LogP contribution in [0.25, 0.3) is 22.7 Å². The van der Waals surface area contributed by atoms with Crippen molar-refractivity contribution in [2.45, 2.75) is 31.7 Å². The lowest BCUT2D eigenvalue weighted by atomic mass is 10.1. The standard InChI is InChI=1S/C26H22ClN5OS/c1-16-11-12-17(2)22(13-16)32-25(20-8-4-5-9-21(20)27)29-30-26(32)34-15-19-14-24(33)31-18(3)7-6-10-23(31)28-19/h4-14H,15H2,1-3H3. The van der Waals surface area contributed by atoms with Crippen molar-refractivity contribution in [1.29, 1.82) is 0 Å². The summed E-state index contributed by atoms with van der Waals surface area (Å²) in [5.74, 6) is 1.15. The van der Waals surface area contributed by atoms with E-state index >= 15 is 0 Å². The second-order valence-electron chi connectivity index (χ2n) is 8.15. The molecule has 5 rings (SSSR count). The van der Waals surface area contributed by atoms with Gasteiger partial charge in [-0.2, -0.15) is 0 Å². The fourth-order valence-corrected chi connectivity index (χ4v) is 4.99. The molecule has 0 amide bonds. The van der Waals surface area contributed by atoms with E-state index in [0.29, 0.717) is 33.1 Å². The zero-order valence-electron chi connectivity index (χ0n) is 19.0. The molecule has 0 aliphatic heterocycles. The van der Waals surface area contributed by atoms with Crippen molar-refractivity contribution in [1.82, 2.24) is 24.1 Å². The summed E-state index contributed by atoms with van der Waals surface area (Å²) in [7, 11) is 0. The monoisotopic (exact) mass is 487 g/mol. The van der Waals surface area contributed by atoms with E-state index in [0.717, 1.165) is 28.1 Å². The maximum Gasteiger partial charge on any atom is 0.258 e. The molecule has 0 bridgehead atoms. The zero-order chi connectivity index (χ0) is 23.8. The number of hydrogen-bond donors (Lipinski definition) is 0. The number of benzene rings is 2. The third-order valence-electron chi connectivity index (χ3n) is 5.64. The number of hydrogen-bond acceptors (Lipinski definition) is 5. The Bertz CT molecular complexity index is 1590. The summed E-state index contributed by atoms with van der Waals surface area (Å²) in [5.41, 5.74) is 6.12. The Balaban J connectivity index is 1.59. The maximum atomic E-state index is 12.7. The Morgan fingerprint density at radius 1 is 0.941 bits per heavy atom. The summed E-state index contributed by atoms with van der Waals surface area (Å²) >= 11 is 8.01. The van der Waals surface area contributed by atoms with Crippen LogP contribution in [0.15, 0.2) is 76.7 Å². The van der Waals surface area contributed by atoms with Gasteiger partial charge in [-0.1, -0.05) is 53.7 Å². The average Bonchev–Trinajstić information content (AvgIpc) is 3.23. The van der Waals surface area contributed by atoms with Crippen LogP contribution in [0.4, 0.5) is 0 Å². The molecule has 5 aromatic rings. The van der Waals surface area contributed by atoms with Gasteiger partial charge in [-0.05, 0) is 62.2 Å². The van der Waals surface area contributed by atoms with E-state index in [2.05, 4.69) is 47.2 Å². The second-order valence-corrected chi connectivity index (χ2v) is 9.50. The number of fused-ring (bicyclic) bond motifs is 1. The van der Waals surface area contributed by atoms with Gasteiger partial charge in [0.25, 0.3) is 5.56 Å². The van der Waals surface area contributed by atoms with Crippen LogP contribution in [-0.2, 0) is 5.75 Å². The van der Waals surface area contributed by atoms with E-state index in [-0.39, 0.29) is 5.56 Å². The van der Waals surface area contributed by atoms with Crippen molar-refractivity contribution in [3.05, 3.63) is 105 Å². The highest BCUT2D eigenvalue weighted by Crippen LogP contribution is 2.34. The van der Waals surface area contributed by atoms with Crippen LogP contribution in [0.1, 0.15) is 22.5 Å². The minimum Gasteiger partial charge on any atom is -0.270 e. The molecule has 34 heavy (non-hydrogen) atoms. The van der Waals surface area contributed by atoms with Gasteiger partial charge in [0.2, 0.25) is 0 Å². The Morgan fingerprint density at radius 2 is 1.76 bits per heavy atom. The van der Waals surface area contributed by atoms with E-state index in [9.17, 15) is 4.79 Å². The van der Waals surface area contributed by atoms with Crippen LogP contribution in [0.5, 0.6) is 0 Å². The largest absolute Gasteiger partial charge is 0.270 e. The highest BCUT2D eigenvalue weighted by Gasteiger charge is 2.20. The van der Waals surface area contributed by atoms with Gasteiger partial charge in [-0.25, -0.2) is 4.98 Å². The SMILES string of the molecule is Cc1ccc(C)c(-n2c(SCc3cc(=O)n4c(C)cccc4n3)nnc2-c2ccccc2Cl)c1. The molecular weight excluding hydrogens is 466 g/mol. The smallest absolute Gasteiger partial charge is 0.258 e. The molecule has 170 valence electrons. The number of nitrogens with zero attached hydrogens (tertiary/aromatic N) is 5. The topological polar surface area (TPSA) is 65.1 Å². The predicted molar refractivity (Wildman–Crippen MR) is 137 cm³/mol. The molecule has 8 heteroatoms. The van der Waals surface area contributed by atoms with Crippen molar-refractivity contribution in [3.8, 4) is 17.1 Å². The normalized spacial score (nSPS) is 11.3. The molecule has 0 radical (unpaired) electrons. The molecule has 6 nitrogen and oxygen atoms in total. The maximum absolute atomic E-state index is 12.7. The van der Waals surface area contributed by atoms with Gasteiger partial charge >= 0.3 is 0 Å². The lowest BCUT2D eigenvalue weighted by molar-refractivity contribution is 0.877. The van der Waals surface area contributed by atoms with Gasteiger partial charge in [-0.15, -0.1) is 10.2 Å². The summed E-state index contributed by atoms with van der Waals surface area (Å²) < 4.78 is 3.65. The first-order chi connectivity index (χ1) is 16.4. The van der Waals surface area contributed by atoms with Crippen molar-refractivity contribution in [2.75, 3.05) is 0 Å². The first-order valence-electron chi connectivity index (χ1n) is 10.8. The van der Waals surface area contributed by atoms with Crippen LogP contribution in [-0.4, -0.2) is 24.1 Å². The highest BCUT2D eigenvalue weighted by atomic mass is 35.5. The van der Waals surface area contributed by atoms with Crippen LogP contribution in [0.2, 0.25) is 5.02 Å². The van der Waals surface area contributed by atoms with Crippen molar-refractivity contribution in [3.63, 3.8) is 0 Å². The summed E-state index contributed by atoms with van der Waals surface area (Å²) in [6.45, 7) is 6.02. The second kappa shape index (κ2) is 9.08. The average molecular weight is 488 g/mol. The summed E-state index contributed by atoms with van der Waals surface area (Å²) in [6, 6.07) is 21.1. The summed E-state index contributed by atoms with van der Waals surface area (Å²) in [4.78, 5) is 17.4. The van der Waals surface area contributed by atoms with Gasteiger partial charge in [0.15, 0.2) is 11.0 Å². The first-order valence-corrected chi connectivity index (χ1v) is 12.2. The minimum absolute atomic E-state index is 0.0912. The molecule has 0 aliphatic carbocycles. The van der Waals surface area contributed by atoms with Gasteiger partial charge in [0.1, 0.15) is 5.65 Å². The molecule has 0 saturated heterocycles. The number of rotatable bonds is 5. The highest BCUT2D eigenvalue weighted by molar-refractivity contribution is 7.98. The molecular formula is C26H22ClN5OS. The summed E-state index contributed by atoms with van der Waals surface area (Å²) in [6.07, 6.45) is 0. The van der Waals surface area contributed by atoms with Crippen LogP contribution in [0, 0.1) is 20.8 Å². The van der Waals surface area contributed by atoms with E-state index in [1.165, 1.54) is 11.8 Å². The number of halogens is 1. The van der Waals surface area contributed by atoms with E-state index in [1.807, 2.05) is 54.0 Å². The number of thioether (sulfide) groups is 1. The Labute approximate surface area is 206 Å². The number of aromatic nitrogens is 5. The quantitative estimate of drug-likeness (QED) is 0.292. The van der Waals surface area contributed by atoms with Crippen molar-refractivity contribution < 1.29 is 0 Å².